The van der Waals surface area contributed by atoms with Gasteiger partial charge in [-0.25, -0.2) is 51.1 Å². The second-order valence-corrected chi connectivity index (χ2v) is 17.4. The molecule has 6 aromatic rings. The molecule has 0 unspecified atom stereocenters. The van der Waals surface area contributed by atoms with Crippen molar-refractivity contribution in [3.05, 3.63) is 132 Å². The molecule has 3 N–H and O–H groups in total. The van der Waals surface area contributed by atoms with Crippen molar-refractivity contribution in [1.82, 2.24) is 40.1 Å². The summed E-state index contributed by atoms with van der Waals surface area (Å²) >= 11 is 0. The van der Waals surface area contributed by atoms with Crippen LogP contribution in [-0.2, 0) is 4.74 Å². The largest absolute Gasteiger partial charge is 0.476 e. The molecule has 6 heterocycles. The SMILES string of the molecule is CC(C)(C)OC(=O)N1CCC(COc2ncncc2NC(=O)c2ccc(F)c(-c3c(F)cccc3F)n2)CC1.O=C(Nc1cncnc1OCC1CCNCC1)c1ccc(F)c(-c2c(F)cccc2F)n1. The number of hydrogen-bond acceptors (Lipinski definition) is 13. The highest BCUT2D eigenvalue weighted by Crippen LogP contribution is 2.30. The lowest BCUT2D eigenvalue weighted by molar-refractivity contribution is 0.0164. The fourth-order valence-corrected chi connectivity index (χ4v) is 7.40. The smallest absolute Gasteiger partial charge is 0.410 e. The van der Waals surface area contributed by atoms with E-state index in [0.717, 1.165) is 86.6 Å². The number of halogens is 6. The Hall–Kier alpha value is -7.75. The van der Waals surface area contributed by atoms with Crippen molar-refractivity contribution in [2.24, 2.45) is 11.8 Å². The quantitative estimate of drug-likeness (QED) is 0.0986. The summed E-state index contributed by atoms with van der Waals surface area (Å²) in [4.78, 5) is 63.2. The molecule has 372 valence electrons. The highest BCUT2D eigenvalue weighted by Gasteiger charge is 2.28. The van der Waals surface area contributed by atoms with E-state index in [1.165, 1.54) is 25.0 Å². The average Bonchev–Trinajstić information content (AvgIpc) is 3.34. The van der Waals surface area contributed by atoms with E-state index in [1.54, 1.807) is 4.90 Å². The molecule has 0 spiro atoms. The maximum Gasteiger partial charge on any atom is 0.410 e. The van der Waals surface area contributed by atoms with Gasteiger partial charge in [0.2, 0.25) is 11.8 Å². The van der Waals surface area contributed by atoms with E-state index in [0.29, 0.717) is 38.5 Å². The Morgan fingerprint density at radius 3 is 1.46 bits per heavy atom. The summed E-state index contributed by atoms with van der Waals surface area (Å²) in [5, 5.41) is 8.40. The second kappa shape index (κ2) is 23.2. The van der Waals surface area contributed by atoms with Crippen molar-refractivity contribution in [3.63, 3.8) is 0 Å². The predicted molar refractivity (Wildman–Crippen MR) is 246 cm³/mol. The molecule has 2 aliphatic rings. The fraction of sp³-hybridized carbons (Fsp3) is 0.327. The normalized spacial score (nSPS) is 14.2. The van der Waals surface area contributed by atoms with Gasteiger partial charge in [-0.3, -0.25) is 9.59 Å². The fourth-order valence-electron chi connectivity index (χ4n) is 7.40. The molecule has 0 atom stereocenters. The Balaban J connectivity index is 0.000000213. The summed E-state index contributed by atoms with van der Waals surface area (Å²) in [7, 11) is 0. The number of nitrogens with one attached hydrogen (secondary N) is 3. The van der Waals surface area contributed by atoms with E-state index in [-0.39, 0.29) is 53.1 Å². The van der Waals surface area contributed by atoms with Crippen LogP contribution in [-0.4, -0.2) is 97.7 Å². The zero-order valence-electron chi connectivity index (χ0n) is 38.7. The summed E-state index contributed by atoms with van der Waals surface area (Å²) in [6, 6.07) is 10.3. The molecule has 0 bridgehead atoms. The van der Waals surface area contributed by atoms with E-state index in [9.17, 15) is 40.7 Å². The van der Waals surface area contributed by atoms with Gasteiger partial charge in [0.15, 0.2) is 0 Å². The third kappa shape index (κ3) is 13.5. The van der Waals surface area contributed by atoms with Gasteiger partial charge >= 0.3 is 6.09 Å². The van der Waals surface area contributed by atoms with Crippen LogP contribution >= 0.6 is 0 Å². The average molecular weight is 987 g/mol. The highest BCUT2D eigenvalue weighted by molar-refractivity contribution is 6.04. The number of pyridine rings is 2. The Morgan fingerprint density at radius 2 is 1.04 bits per heavy atom. The Morgan fingerprint density at radius 1 is 0.620 bits per heavy atom. The molecule has 4 aromatic heterocycles. The third-order valence-corrected chi connectivity index (χ3v) is 11.0. The molecule has 2 fully saturated rings. The van der Waals surface area contributed by atoms with Gasteiger partial charge in [0.05, 0.1) is 36.7 Å². The van der Waals surface area contributed by atoms with Crippen LogP contribution in [0, 0.1) is 46.7 Å². The number of piperidine rings is 2. The Kier molecular flexibility index (Phi) is 16.7. The summed E-state index contributed by atoms with van der Waals surface area (Å²) < 4.78 is 102. The van der Waals surface area contributed by atoms with Crippen LogP contribution in [0.2, 0.25) is 0 Å². The molecule has 71 heavy (non-hydrogen) atoms. The first kappa shape index (κ1) is 51.1. The minimum atomic E-state index is -1.01. The summed E-state index contributed by atoms with van der Waals surface area (Å²) in [6.45, 7) is 9.06. The van der Waals surface area contributed by atoms with E-state index in [2.05, 4.69) is 45.9 Å². The topological polar surface area (TPSA) is 196 Å². The van der Waals surface area contributed by atoms with E-state index in [1.807, 2.05) is 20.8 Å². The molecule has 2 aliphatic heterocycles. The summed E-state index contributed by atoms with van der Waals surface area (Å²) in [5.41, 5.74) is -3.28. The number of hydrogen-bond donors (Lipinski definition) is 3. The molecule has 16 nitrogen and oxygen atoms in total. The standard InChI is InChI=1S/C27H28F3N5O4.C22H20F3N5O2/c1-27(2,3)39-26(37)35-11-9-16(10-12-35)14-38-25-21(13-31-15-32-25)34-24(36)20-8-7-19(30)23(33-20)22-17(28)5-4-6-18(22)29;23-14-2-1-3-15(24)19(14)20-16(25)4-5-17(29-20)21(31)30-18-10-27-12-28-22(18)32-11-13-6-8-26-9-7-13/h4-8,13,15-16H,9-12,14H2,1-3H3,(H,34,36);1-5,10,12-13,26H,6-9,11H2,(H,30,31). The first-order chi connectivity index (χ1) is 34.0. The van der Waals surface area contributed by atoms with Crippen LogP contribution in [0.5, 0.6) is 11.8 Å². The maximum absolute atomic E-state index is 14.4. The number of likely N-dealkylation sites (tertiary alicyclic amines) is 1. The predicted octanol–water partition coefficient (Wildman–Crippen LogP) is 8.82. The van der Waals surface area contributed by atoms with Crippen molar-refractivity contribution in [2.75, 3.05) is 50.0 Å². The molecule has 0 aliphatic carbocycles. The van der Waals surface area contributed by atoms with Crippen molar-refractivity contribution >= 4 is 29.3 Å². The van der Waals surface area contributed by atoms with Crippen molar-refractivity contribution in [1.29, 1.82) is 0 Å². The van der Waals surface area contributed by atoms with Gasteiger partial charge in [-0.05, 0) is 120 Å². The van der Waals surface area contributed by atoms with Gasteiger partial charge in [-0.1, -0.05) is 12.1 Å². The molecule has 3 amide bonds. The maximum atomic E-state index is 14.4. The Labute approximate surface area is 403 Å². The summed E-state index contributed by atoms with van der Waals surface area (Å²) in [5.74, 6) is -6.65. The second-order valence-electron chi connectivity index (χ2n) is 17.4. The van der Waals surface area contributed by atoms with Crippen LogP contribution in [0.25, 0.3) is 22.5 Å². The molecule has 0 saturated carbocycles. The van der Waals surface area contributed by atoms with Gasteiger partial charge in [0.1, 0.15) is 87.3 Å². The van der Waals surface area contributed by atoms with Crippen LogP contribution in [0.1, 0.15) is 67.4 Å². The number of carbonyl (C=O) groups excluding carboxylic acids is 3. The minimum absolute atomic E-state index is 0.107. The molecule has 8 rings (SSSR count). The van der Waals surface area contributed by atoms with Crippen molar-refractivity contribution < 1.29 is 54.9 Å². The minimum Gasteiger partial charge on any atom is -0.476 e. The first-order valence-electron chi connectivity index (χ1n) is 22.4. The Bertz CT molecular complexity index is 2820. The van der Waals surface area contributed by atoms with E-state index < -0.39 is 74.8 Å². The number of benzene rings is 2. The number of rotatable bonds is 12. The van der Waals surface area contributed by atoms with Gasteiger partial charge in [-0.2, -0.15) is 9.97 Å². The zero-order valence-corrected chi connectivity index (χ0v) is 38.7. The van der Waals surface area contributed by atoms with Crippen LogP contribution < -0.4 is 25.4 Å². The van der Waals surface area contributed by atoms with E-state index in [4.69, 9.17) is 14.2 Å². The van der Waals surface area contributed by atoms with Gasteiger partial charge in [0.25, 0.3) is 11.8 Å². The highest BCUT2D eigenvalue weighted by atomic mass is 19.2. The monoisotopic (exact) mass is 986 g/mol. The summed E-state index contributed by atoms with van der Waals surface area (Å²) in [6.07, 6.45) is 8.23. The number of amides is 3. The van der Waals surface area contributed by atoms with E-state index >= 15 is 0 Å². The third-order valence-electron chi connectivity index (χ3n) is 11.0. The number of carbonyl (C=O) groups is 3. The first-order valence-corrected chi connectivity index (χ1v) is 22.4. The molecular formula is C49H48F6N10O6. The number of nitrogens with zero attached hydrogens (tertiary/aromatic N) is 7. The van der Waals surface area contributed by atoms with Gasteiger partial charge < -0.3 is 35.1 Å². The van der Waals surface area contributed by atoms with Crippen LogP contribution in [0.4, 0.5) is 42.5 Å². The van der Waals surface area contributed by atoms with Crippen LogP contribution in [0.15, 0.2) is 85.7 Å². The van der Waals surface area contributed by atoms with Crippen LogP contribution in [0.3, 0.4) is 0 Å². The molecule has 0 radical (unpaired) electrons. The number of aromatic nitrogens is 6. The lowest BCUT2D eigenvalue weighted by Gasteiger charge is -2.33. The number of anilines is 2. The van der Waals surface area contributed by atoms with Gasteiger partial charge in [0, 0.05) is 13.1 Å². The van der Waals surface area contributed by atoms with Crippen molar-refractivity contribution in [3.8, 4) is 34.3 Å². The number of ether oxygens (including phenoxy) is 3. The van der Waals surface area contributed by atoms with Gasteiger partial charge in [-0.15, -0.1) is 0 Å². The lowest BCUT2D eigenvalue weighted by Crippen LogP contribution is -2.42. The molecule has 2 aromatic carbocycles. The lowest BCUT2D eigenvalue weighted by atomic mass is 9.98. The molecular weight excluding hydrogens is 939 g/mol. The van der Waals surface area contributed by atoms with Crippen molar-refractivity contribution in [2.45, 2.75) is 52.1 Å². The zero-order chi connectivity index (χ0) is 50.7. The molecule has 22 heteroatoms. The molecule has 2 saturated heterocycles.